The summed E-state index contributed by atoms with van der Waals surface area (Å²) in [5.41, 5.74) is 10.6. The Morgan fingerprint density at radius 1 is 1.06 bits per heavy atom. The smallest absolute Gasteiger partial charge is 0.268 e. The first-order valence-corrected chi connectivity index (χ1v) is 12.0. The summed E-state index contributed by atoms with van der Waals surface area (Å²) in [6.07, 6.45) is 5.34. The highest BCUT2D eigenvalue weighted by Crippen LogP contribution is 2.30. The molecule has 0 radical (unpaired) electrons. The summed E-state index contributed by atoms with van der Waals surface area (Å²) in [5.74, 6) is 0.729. The van der Waals surface area contributed by atoms with E-state index in [1.807, 2.05) is 45.0 Å². The monoisotopic (exact) mass is 480 g/mol. The highest BCUT2D eigenvalue weighted by Gasteiger charge is 2.23. The minimum absolute atomic E-state index is 0.277. The number of hydrogen-bond acceptors (Lipinski definition) is 9. The summed E-state index contributed by atoms with van der Waals surface area (Å²) in [7, 11) is 0. The van der Waals surface area contributed by atoms with Gasteiger partial charge in [0, 0.05) is 42.1 Å². The second-order valence-corrected chi connectivity index (χ2v) is 9.64. The van der Waals surface area contributed by atoms with Crippen molar-refractivity contribution in [1.29, 1.82) is 5.26 Å². The number of benzene rings is 1. The van der Waals surface area contributed by atoms with Gasteiger partial charge >= 0.3 is 0 Å². The SMILES string of the molecule is Cc1ncc(-c2ccnc(C(C)(C)C#N)c2)nc1-c1nnc(-c2cccc(N3CCC(N)CC3)c2)o1. The maximum atomic E-state index is 9.48. The summed E-state index contributed by atoms with van der Waals surface area (Å²) in [6.45, 7) is 7.39. The van der Waals surface area contributed by atoms with Crippen molar-refractivity contribution in [3.05, 3.63) is 60.2 Å². The Hall–Kier alpha value is -4.16. The van der Waals surface area contributed by atoms with Crippen molar-refractivity contribution in [3.63, 3.8) is 0 Å². The first-order chi connectivity index (χ1) is 17.3. The highest BCUT2D eigenvalue weighted by atomic mass is 16.4. The third-order valence-corrected chi connectivity index (χ3v) is 6.56. The molecule has 0 aliphatic carbocycles. The molecule has 0 atom stereocenters. The van der Waals surface area contributed by atoms with Crippen molar-refractivity contribution in [3.8, 4) is 40.4 Å². The van der Waals surface area contributed by atoms with Crippen LogP contribution in [0.2, 0.25) is 0 Å². The van der Waals surface area contributed by atoms with Crippen molar-refractivity contribution in [2.45, 2.75) is 45.1 Å². The molecule has 1 saturated heterocycles. The molecule has 9 nitrogen and oxygen atoms in total. The fraction of sp³-hybridized carbons (Fsp3) is 0.333. The minimum atomic E-state index is -0.715. The molecule has 3 aromatic heterocycles. The van der Waals surface area contributed by atoms with Gasteiger partial charge in [-0.05, 0) is 63.9 Å². The van der Waals surface area contributed by atoms with Gasteiger partial charge in [-0.1, -0.05) is 6.07 Å². The number of hydrogen-bond donors (Lipinski definition) is 1. The lowest BCUT2D eigenvalue weighted by Gasteiger charge is -2.32. The van der Waals surface area contributed by atoms with E-state index in [0.717, 1.165) is 42.7 Å². The number of nitrogens with two attached hydrogens (primary N) is 1. The molecule has 0 unspecified atom stereocenters. The number of pyridine rings is 1. The zero-order valence-corrected chi connectivity index (χ0v) is 20.6. The number of nitrogens with zero attached hydrogens (tertiary/aromatic N) is 7. The summed E-state index contributed by atoms with van der Waals surface area (Å²) in [4.78, 5) is 16.0. The Kier molecular flexibility index (Phi) is 6.20. The zero-order chi connectivity index (χ0) is 25.3. The Morgan fingerprint density at radius 3 is 2.61 bits per heavy atom. The molecule has 1 aromatic carbocycles. The van der Waals surface area contributed by atoms with Crippen molar-refractivity contribution < 1.29 is 4.42 Å². The van der Waals surface area contributed by atoms with Crippen molar-refractivity contribution in [1.82, 2.24) is 25.1 Å². The molecule has 4 aromatic rings. The maximum absolute atomic E-state index is 9.48. The lowest BCUT2D eigenvalue weighted by atomic mass is 9.90. The van der Waals surface area contributed by atoms with E-state index in [1.54, 1.807) is 12.4 Å². The van der Waals surface area contributed by atoms with Gasteiger partial charge in [-0.2, -0.15) is 5.26 Å². The van der Waals surface area contributed by atoms with E-state index >= 15 is 0 Å². The highest BCUT2D eigenvalue weighted by molar-refractivity contribution is 5.65. The van der Waals surface area contributed by atoms with Gasteiger partial charge in [0.05, 0.1) is 34.8 Å². The van der Waals surface area contributed by atoms with Crippen LogP contribution in [0, 0.1) is 18.3 Å². The van der Waals surface area contributed by atoms with E-state index in [4.69, 9.17) is 15.1 Å². The molecule has 0 bridgehead atoms. The molecule has 182 valence electrons. The van der Waals surface area contributed by atoms with E-state index in [2.05, 4.69) is 43.3 Å². The first kappa shape index (κ1) is 23.6. The van der Waals surface area contributed by atoms with Crippen molar-refractivity contribution >= 4 is 5.69 Å². The molecule has 1 aliphatic rings. The van der Waals surface area contributed by atoms with Gasteiger partial charge in [0.2, 0.25) is 5.89 Å². The number of aromatic nitrogens is 5. The number of piperidine rings is 1. The Balaban J connectivity index is 1.44. The lowest BCUT2D eigenvalue weighted by molar-refractivity contribution is 0.501. The fourth-order valence-corrected chi connectivity index (χ4v) is 4.21. The van der Waals surface area contributed by atoms with Gasteiger partial charge in [0.15, 0.2) is 0 Å². The van der Waals surface area contributed by atoms with E-state index in [9.17, 15) is 5.26 Å². The van der Waals surface area contributed by atoms with Crippen molar-refractivity contribution in [2.75, 3.05) is 18.0 Å². The van der Waals surface area contributed by atoms with E-state index in [-0.39, 0.29) is 6.04 Å². The van der Waals surface area contributed by atoms with Crippen LogP contribution in [0.5, 0.6) is 0 Å². The third-order valence-electron chi connectivity index (χ3n) is 6.56. The predicted octanol–water partition coefficient (Wildman–Crippen LogP) is 4.29. The molecule has 1 fully saturated rings. The second-order valence-electron chi connectivity index (χ2n) is 9.64. The molecule has 5 rings (SSSR count). The van der Waals surface area contributed by atoms with Crippen LogP contribution in [0.25, 0.3) is 34.3 Å². The van der Waals surface area contributed by atoms with Crippen LogP contribution < -0.4 is 10.6 Å². The normalized spacial score (nSPS) is 14.6. The van der Waals surface area contributed by atoms with Gasteiger partial charge in [0.25, 0.3) is 5.89 Å². The third kappa shape index (κ3) is 4.68. The van der Waals surface area contributed by atoms with Gasteiger partial charge in [-0.3, -0.25) is 9.97 Å². The maximum Gasteiger partial charge on any atom is 0.268 e. The number of anilines is 1. The van der Waals surface area contributed by atoms with Crippen LogP contribution in [0.15, 0.2) is 53.2 Å². The predicted molar refractivity (Wildman–Crippen MR) is 137 cm³/mol. The summed E-state index contributed by atoms with van der Waals surface area (Å²) >= 11 is 0. The molecule has 0 saturated carbocycles. The second kappa shape index (κ2) is 9.47. The Bertz CT molecular complexity index is 1430. The average molecular weight is 481 g/mol. The molecule has 36 heavy (non-hydrogen) atoms. The molecule has 1 aliphatic heterocycles. The van der Waals surface area contributed by atoms with Crippen LogP contribution in [-0.2, 0) is 5.41 Å². The van der Waals surface area contributed by atoms with E-state index in [0.29, 0.717) is 34.6 Å². The van der Waals surface area contributed by atoms with Crippen LogP contribution in [0.4, 0.5) is 5.69 Å². The standard InChI is InChI=1S/C27H28N8O/c1-17-24(32-22(15-31-17)18-7-10-30-23(14-18)27(2,3)16-28)26-34-33-25(36-26)19-5-4-6-21(13-19)35-11-8-20(29)9-12-35/h4-7,10,13-15,20H,8-9,11-12,29H2,1-3H3. The van der Waals surface area contributed by atoms with Gasteiger partial charge < -0.3 is 15.1 Å². The van der Waals surface area contributed by atoms with E-state index < -0.39 is 5.41 Å². The summed E-state index contributed by atoms with van der Waals surface area (Å²) in [6, 6.07) is 14.4. The zero-order valence-electron chi connectivity index (χ0n) is 20.6. The van der Waals surface area contributed by atoms with Gasteiger partial charge in [-0.25, -0.2) is 4.98 Å². The summed E-state index contributed by atoms with van der Waals surface area (Å²) in [5, 5.41) is 18.1. The largest absolute Gasteiger partial charge is 0.415 e. The Labute approximate surface area is 210 Å². The number of aryl methyl sites for hydroxylation is 1. The molecule has 0 spiro atoms. The number of rotatable bonds is 5. The van der Waals surface area contributed by atoms with Crippen LogP contribution >= 0.6 is 0 Å². The minimum Gasteiger partial charge on any atom is -0.415 e. The molecular weight excluding hydrogens is 452 g/mol. The average Bonchev–Trinajstić information content (AvgIpc) is 3.40. The van der Waals surface area contributed by atoms with Crippen molar-refractivity contribution in [2.24, 2.45) is 5.73 Å². The fourth-order valence-electron chi connectivity index (χ4n) is 4.21. The van der Waals surface area contributed by atoms with Crippen LogP contribution in [0.1, 0.15) is 38.1 Å². The quantitative estimate of drug-likeness (QED) is 0.444. The molecular formula is C27H28N8O. The molecule has 9 heteroatoms. The van der Waals surface area contributed by atoms with Crippen LogP contribution in [-0.4, -0.2) is 44.3 Å². The molecule has 4 heterocycles. The van der Waals surface area contributed by atoms with Gasteiger partial charge in [0.1, 0.15) is 5.69 Å². The van der Waals surface area contributed by atoms with Gasteiger partial charge in [-0.15, -0.1) is 10.2 Å². The number of nitriles is 1. The Morgan fingerprint density at radius 2 is 1.83 bits per heavy atom. The molecule has 0 amide bonds. The molecule has 2 N–H and O–H groups in total. The first-order valence-electron chi connectivity index (χ1n) is 12.0. The lowest BCUT2D eigenvalue weighted by Crippen LogP contribution is -2.39. The van der Waals surface area contributed by atoms with E-state index in [1.165, 1.54) is 0 Å². The van der Waals surface area contributed by atoms with Crippen LogP contribution in [0.3, 0.4) is 0 Å². The topological polar surface area (TPSA) is 131 Å². The summed E-state index contributed by atoms with van der Waals surface area (Å²) < 4.78 is 6.06.